The van der Waals surface area contributed by atoms with Crippen molar-refractivity contribution in [2.24, 2.45) is 5.92 Å². The van der Waals surface area contributed by atoms with Crippen molar-refractivity contribution < 1.29 is 0 Å². The lowest BCUT2D eigenvalue weighted by atomic mass is 9.62. The monoisotopic (exact) mass is 290 g/mol. The molecule has 1 atom stereocenters. The van der Waals surface area contributed by atoms with E-state index in [4.69, 9.17) is 0 Å². The van der Waals surface area contributed by atoms with E-state index in [0.717, 1.165) is 6.42 Å². The van der Waals surface area contributed by atoms with Crippen LogP contribution in [0.2, 0.25) is 0 Å². The molecular weight excluding hydrogens is 264 g/mol. The highest BCUT2D eigenvalue weighted by Gasteiger charge is 2.39. The summed E-state index contributed by atoms with van der Waals surface area (Å²) in [6.45, 7) is 2.36. The van der Waals surface area contributed by atoms with E-state index in [2.05, 4.69) is 79.7 Å². The van der Waals surface area contributed by atoms with Gasteiger partial charge in [0.25, 0.3) is 0 Å². The first-order valence-corrected chi connectivity index (χ1v) is 8.64. The average molecular weight is 290 g/mol. The quantitative estimate of drug-likeness (QED) is 0.594. The second-order valence-electron chi connectivity index (χ2n) is 6.39. The lowest BCUT2D eigenvalue weighted by molar-refractivity contribution is 0.291. The summed E-state index contributed by atoms with van der Waals surface area (Å²) in [5.74, 6) is 0.682. The first-order valence-electron chi connectivity index (χ1n) is 8.64. The summed E-state index contributed by atoms with van der Waals surface area (Å²) in [7, 11) is 0. The van der Waals surface area contributed by atoms with Gasteiger partial charge in [-0.3, -0.25) is 0 Å². The fraction of sp³-hybridized carbons (Fsp3) is 0.364. The zero-order chi connectivity index (χ0) is 15.3. The predicted molar refractivity (Wildman–Crippen MR) is 95.1 cm³/mol. The van der Waals surface area contributed by atoms with Crippen LogP contribution in [0, 0.1) is 5.92 Å². The molecule has 0 N–H and O–H groups in total. The van der Waals surface area contributed by atoms with Crippen LogP contribution in [0.3, 0.4) is 0 Å². The SMILES string of the molecule is CCC(c1ccccc1)(c1ccccc1)C1CC=CCCC1. The summed E-state index contributed by atoms with van der Waals surface area (Å²) >= 11 is 0. The van der Waals surface area contributed by atoms with Gasteiger partial charge in [-0.1, -0.05) is 79.7 Å². The van der Waals surface area contributed by atoms with Crippen molar-refractivity contribution in [2.45, 2.75) is 44.4 Å². The minimum Gasteiger partial charge on any atom is -0.0885 e. The first kappa shape index (κ1) is 15.1. The van der Waals surface area contributed by atoms with Crippen LogP contribution in [0.15, 0.2) is 72.8 Å². The Balaban J connectivity index is 2.14. The van der Waals surface area contributed by atoms with E-state index in [-0.39, 0.29) is 5.41 Å². The Morgan fingerprint density at radius 2 is 1.45 bits per heavy atom. The van der Waals surface area contributed by atoms with E-state index < -0.39 is 0 Å². The zero-order valence-electron chi connectivity index (χ0n) is 13.5. The zero-order valence-corrected chi connectivity index (χ0v) is 13.5. The molecule has 0 spiro atoms. The second-order valence-corrected chi connectivity index (χ2v) is 6.39. The molecule has 2 aromatic rings. The van der Waals surface area contributed by atoms with Crippen LogP contribution >= 0.6 is 0 Å². The molecule has 22 heavy (non-hydrogen) atoms. The molecule has 0 nitrogen and oxygen atoms in total. The summed E-state index contributed by atoms with van der Waals surface area (Å²) in [6.07, 6.45) is 11.0. The summed E-state index contributed by atoms with van der Waals surface area (Å²) in [5, 5.41) is 0. The van der Waals surface area contributed by atoms with Gasteiger partial charge in [0.2, 0.25) is 0 Å². The first-order chi connectivity index (χ1) is 10.9. The lowest BCUT2D eigenvalue weighted by Crippen LogP contribution is -2.36. The fourth-order valence-corrected chi connectivity index (χ4v) is 4.23. The van der Waals surface area contributed by atoms with Gasteiger partial charge < -0.3 is 0 Å². The van der Waals surface area contributed by atoms with Crippen LogP contribution in [-0.2, 0) is 5.41 Å². The molecule has 0 saturated carbocycles. The highest BCUT2D eigenvalue weighted by Crippen LogP contribution is 2.46. The highest BCUT2D eigenvalue weighted by atomic mass is 14.4. The summed E-state index contributed by atoms with van der Waals surface area (Å²) in [4.78, 5) is 0. The Hall–Kier alpha value is -1.82. The maximum Gasteiger partial charge on any atom is 0.0231 e. The molecule has 0 heterocycles. The van der Waals surface area contributed by atoms with Crippen molar-refractivity contribution in [2.75, 3.05) is 0 Å². The molecule has 3 rings (SSSR count). The topological polar surface area (TPSA) is 0 Å². The molecule has 0 amide bonds. The number of benzene rings is 2. The minimum atomic E-state index is 0.136. The maximum atomic E-state index is 2.41. The van der Waals surface area contributed by atoms with Crippen LogP contribution in [0.5, 0.6) is 0 Å². The van der Waals surface area contributed by atoms with Crippen molar-refractivity contribution in [1.82, 2.24) is 0 Å². The summed E-state index contributed by atoms with van der Waals surface area (Å²) in [5.41, 5.74) is 3.09. The van der Waals surface area contributed by atoms with Gasteiger partial charge in [0, 0.05) is 5.41 Å². The van der Waals surface area contributed by atoms with Crippen LogP contribution in [0.4, 0.5) is 0 Å². The van der Waals surface area contributed by atoms with Crippen molar-refractivity contribution in [3.05, 3.63) is 83.9 Å². The van der Waals surface area contributed by atoms with E-state index in [9.17, 15) is 0 Å². The normalized spacial score (nSPS) is 18.9. The maximum absolute atomic E-state index is 2.41. The lowest BCUT2D eigenvalue weighted by Gasteiger charge is -2.41. The van der Waals surface area contributed by atoms with Crippen molar-refractivity contribution >= 4 is 0 Å². The third-order valence-electron chi connectivity index (χ3n) is 5.34. The molecule has 1 aliphatic carbocycles. The van der Waals surface area contributed by atoms with Gasteiger partial charge in [-0.25, -0.2) is 0 Å². The Morgan fingerprint density at radius 3 is 2.00 bits per heavy atom. The van der Waals surface area contributed by atoms with Gasteiger partial charge in [-0.05, 0) is 49.1 Å². The smallest absolute Gasteiger partial charge is 0.0231 e. The van der Waals surface area contributed by atoms with Crippen molar-refractivity contribution in [3.8, 4) is 0 Å². The molecule has 0 aliphatic heterocycles. The number of hydrogen-bond donors (Lipinski definition) is 0. The number of hydrogen-bond acceptors (Lipinski definition) is 0. The second kappa shape index (κ2) is 6.96. The van der Waals surface area contributed by atoms with E-state index >= 15 is 0 Å². The minimum absolute atomic E-state index is 0.136. The molecule has 1 aliphatic rings. The molecule has 0 bridgehead atoms. The van der Waals surface area contributed by atoms with Gasteiger partial charge >= 0.3 is 0 Å². The van der Waals surface area contributed by atoms with E-state index in [1.54, 1.807) is 0 Å². The van der Waals surface area contributed by atoms with E-state index in [1.165, 1.54) is 36.8 Å². The summed E-state index contributed by atoms with van der Waals surface area (Å²) < 4.78 is 0. The molecule has 0 saturated heterocycles. The Kier molecular flexibility index (Phi) is 4.77. The molecular formula is C22H26. The van der Waals surface area contributed by atoms with Crippen molar-refractivity contribution in [3.63, 3.8) is 0 Å². The summed E-state index contributed by atoms with van der Waals surface area (Å²) in [6, 6.07) is 22.3. The van der Waals surface area contributed by atoms with Gasteiger partial charge in [0.1, 0.15) is 0 Å². The molecule has 2 aromatic carbocycles. The van der Waals surface area contributed by atoms with Gasteiger partial charge in [0.05, 0.1) is 0 Å². The average Bonchev–Trinajstić information content (AvgIpc) is 2.88. The Bertz CT molecular complexity index is 555. The van der Waals surface area contributed by atoms with E-state index in [0.29, 0.717) is 5.92 Å². The van der Waals surface area contributed by atoms with Crippen molar-refractivity contribution in [1.29, 1.82) is 0 Å². The van der Waals surface area contributed by atoms with Crippen LogP contribution in [-0.4, -0.2) is 0 Å². The largest absolute Gasteiger partial charge is 0.0885 e. The fourth-order valence-electron chi connectivity index (χ4n) is 4.23. The van der Waals surface area contributed by atoms with Crippen LogP contribution in [0.1, 0.15) is 50.2 Å². The molecule has 0 fully saturated rings. The molecule has 0 radical (unpaired) electrons. The molecule has 1 unspecified atom stereocenters. The van der Waals surface area contributed by atoms with Gasteiger partial charge in [-0.15, -0.1) is 0 Å². The third-order valence-corrected chi connectivity index (χ3v) is 5.34. The molecule has 0 aromatic heterocycles. The number of allylic oxidation sites excluding steroid dienone is 2. The van der Waals surface area contributed by atoms with Gasteiger partial charge in [-0.2, -0.15) is 0 Å². The molecule has 0 heteroatoms. The van der Waals surface area contributed by atoms with E-state index in [1.807, 2.05) is 0 Å². The number of rotatable bonds is 4. The third kappa shape index (κ3) is 2.75. The van der Waals surface area contributed by atoms with Crippen LogP contribution in [0.25, 0.3) is 0 Å². The predicted octanol–water partition coefficient (Wildman–Crippen LogP) is 6.13. The standard InChI is InChI=1S/C22H26/c1-2-22(20-15-9-5-10-16-20,21-17-11-6-12-18-21)19-13-7-3-4-8-14-19/h3,5-7,9-12,15-19H,2,4,8,13-14H2,1H3. The Morgan fingerprint density at radius 1 is 0.864 bits per heavy atom. The van der Waals surface area contributed by atoms with Gasteiger partial charge in [0.15, 0.2) is 0 Å². The Labute approximate surface area is 134 Å². The highest BCUT2D eigenvalue weighted by molar-refractivity contribution is 5.40. The van der Waals surface area contributed by atoms with Crippen LogP contribution < -0.4 is 0 Å². The molecule has 114 valence electrons.